The average Bonchev–Trinajstić information content (AvgIpc) is 2.51. The molecule has 0 spiro atoms. The number of piperidine rings is 2. The Kier molecular flexibility index (Phi) is 4.27. The van der Waals surface area contributed by atoms with Crippen LogP contribution in [0.2, 0.25) is 5.02 Å². The predicted octanol–water partition coefficient (Wildman–Crippen LogP) is 2.17. The van der Waals surface area contributed by atoms with Gasteiger partial charge in [-0.15, -0.1) is 0 Å². The van der Waals surface area contributed by atoms with Crippen LogP contribution in [-0.4, -0.2) is 47.1 Å². The lowest BCUT2D eigenvalue weighted by molar-refractivity contribution is 0.141. The molecule has 0 unspecified atom stereocenters. The van der Waals surface area contributed by atoms with E-state index in [1.807, 2.05) is 0 Å². The molecule has 0 atom stereocenters. The van der Waals surface area contributed by atoms with Crippen molar-refractivity contribution in [2.24, 2.45) is 0 Å². The van der Waals surface area contributed by atoms with E-state index in [4.69, 9.17) is 17.3 Å². The van der Waals surface area contributed by atoms with Crippen molar-refractivity contribution in [3.05, 3.63) is 11.2 Å². The molecule has 2 aliphatic rings. The van der Waals surface area contributed by atoms with Gasteiger partial charge < -0.3 is 15.5 Å². The van der Waals surface area contributed by atoms with E-state index in [0.717, 1.165) is 24.9 Å². The molecule has 0 saturated carbocycles. The van der Waals surface area contributed by atoms with Gasteiger partial charge in [-0.2, -0.15) is 4.98 Å². The first kappa shape index (κ1) is 13.9. The van der Waals surface area contributed by atoms with Crippen molar-refractivity contribution in [2.75, 3.05) is 36.8 Å². The van der Waals surface area contributed by atoms with Gasteiger partial charge in [0.1, 0.15) is 5.02 Å². The third-order valence-corrected chi connectivity index (χ3v) is 4.68. The van der Waals surface area contributed by atoms with E-state index in [-0.39, 0.29) is 0 Å². The Labute approximate surface area is 125 Å². The molecule has 20 heavy (non-hydrogen) atoms. The van der Waals surface area contributed by atoms with Gasteiger partial charge in [0, 0.05) is 19.1 Å². The smallest absolute Gasteiger partial charge is 0.222 e. The number of nitrogens with zero attached hydrogens (tertiary/aromatic N) is 4. The van der Waals surface area contributed by atoms with Crippen molar-refractivity contribution in [1.29, 1.82) is 0 Å². The third kappa shape index (κ3) is 2.99. The Morgan fingerprint density at radius 3 is 2.50 bits per heavy atom. The standard InChI is InChI=1S/C14H22ClN5/c15-12-10-17-14(16)18-13(12)20-8-4-11(5-9-20)19-6-2-1-3-7-19/h10-11H,1-9H2,(H2,16,17,18). The maximum atomic E-state index is 6.18. The zero-order chi connectivity index (χ0) is 13.9. The largest absolute Gasteiger partial charge is 0.368 e. The highest BCUT2D eigenvalue weighted by atomic mass is 35.5. The number of rotatable bonds is 2. The van der Waals surface area contributed by atoms with E-state index in [0.29, 0.717) is 11.0 Å². The molecule has 3 rings (SSSR count). The summed E-state index contributed by atoms with van der Waals surface area (Å²) in [6, 6.07) is 0.726. The average molecular weight is 296 g/mol. The SMILES string of the molecule is Nc1ncc(Cl)c(N2CCC(N3CCCCC3)CC2)n1. The summed E-state index contributed by atoms with van der Waals surface area (Å²) in [4.78, 5) is 13.1. The van der Waals surface area contributed by atoms with Gasteiger partial charge in [-0.25, -0.2) is 4.98 Å². The van der Waals surface area contributed by atoms with Gasteiger partial charge in [0.15, 0.2) is 5.82 Å². The molecular weight excluding hydrogens is 274 g/mol. The fraction of sp³-hybridized carbons (Fsp3) is 0.714. The van der Waals surface area contributed by atoms with Crippen molar-refractivity contribution in [1.82, 2.24) is 14.9 Å². The molecule has 3 heterocycles. The second-order valence-electron chi connectivity index (χ2n) is 5.71. The molecule has 0 aromatic carbocycles. The molecule has 1 aromatic heterocycles. The van der Waals surface area contributed by atoms with Crippen LogP contribution in [0.1, 0.15) is 32.1 Å². The van der Waals surface area contributed by atoms with Crippen LogP contribution in [0, 0.1) is 0 Å². The van der Waals surface area contributed by atoms with Crippen LogP contribution in [0.3, 0.4) is 0 Å². The summed E-state index contributed by atoms with van der Waals surface area (Å²) in [5.74, 6) is 1.08. The van der Waals surface area contributed by atoms with Gasteiger partial charge in [-0.1, -0.05) is 18.0 Å². The van der Waals surface area contributed by atoms with Crippen molar-refractivity contribution in [2.45, 2.75) is 38.1 Å². The first-order valence-electron chi connectivity index (χ1n) is 7.51. The summed E-state index contributed by atoms with van der Waals surface area (Å²) in [5.41, 5.74) is 5.66. The van der Waals surface area contributed by atoms with Gasteiger partial charge in [-0.05, 0) is 38.8 Å². The fourth-order valence-electron chi connectivity index (χ4n) is 3.32. The van der Waals surface area contributed by atoms with Gasteiger partial charge in [0.25, 0.3) is 0 Å². The molecule has 6 heteroatoms. The highest BCUT2D eigenvalue weighted by molar-refractivity contribution is 6.32. The molecule has 2 N–H and O–H groups in total. The number of aromatic nitrogens is 2. The summed E-state index contributed by atoms with van der Waals surface area (Å²) >= 11 is 6.18. The topological polar surface area (TPSA) is 58.3 Å². The van der Waals surface area contributed by atoms with Gasteiger partial charge in [-0.3, -0.25) is 0 Å². The number of nitrogens with two attached hydrogens (primary N) is 1. The lowest BCUT2D eigenvalue weighted by Gasteiger charge is -2.40. The lowest BCUT2D eigenvalue weighted by atomic mass is 10.00. The molecule has 2 fully saturated rings. The molecule has 0 radical (unpaired) electrons. The molecule has 2 saturated heterocycles. The van der Waals surface area contributed by atoms with Crippen LogP contribution < -0.4 is 10.6 Å². The quantitative estimate of drug-likeness (QED) is 0.906. The second-order valence-corrected chi connectivity index (χ2v) is 6.12. The summed E-state index contributed by atoms with van der Waals surface area (Å²) in [6.45, 7) is 4.53. The number of likely N-dealkylation sites (tertiary alicyclic amines) is 1. The Morgan fingerprint density at radius 1 is 1.10 bits per heavy atom. The Hall–Kier alpha value is -1.07. The Bertz CT molecular complexity index is 453. The molecule has 2 aliphatic heterocycles. The van der Waals surface area contributed by atoms with Gasteiger partial charge in [0.2, 0.25) is 5.95 Å². The number of hydrogen-bond acceptors (Lipinski definition) is 5. The highest BCUT2D eigenvalue weighted by Gasteiger charge is 2.26. The van der Waals surface area contributed by atoms with E-state index in [9.17, 15) is 0 Å². The zero-order valence-electron chi connectivity index (χ0n) is 11.8. The Morgan fingerprint density at radius 2 is 1.80 bits per heavy atom. The van der Waals surface area contributed by atoms with E-state index in [2.05, 4.69) is 19.8 Å². The van der Waals surface area contributed by atoms with Crippen LogP contribution in [0.4, 0.5) is 11.8 Å². The monoisotopic (exact) mass is 295 g/mol. The maximum Gasteiger partial charge on any atom is 0.222 e. The minimum Gasteiger partial charge on any atom is -0.368 e. The first-order valence-corrected chi connectivity index (χ1v) is 7.89. The summed E-state index contributed by atoms with van der Waals surface area (Å²) < 4.78 is 0. The summed E-state index contributed by atoms with van der Waals surface area (Å²) in [7, 11) is 0. The second kappa shape index (κ2) is 6.14. The summed E-state index contributed by atoms with van der Waals surface area (Å²) in [6.07, 6.45) is 8.06. The molecule has 1 aromatic rings. The number of halogens is 1. The van der Waals surface area contributed by atoms with Crippen LogP contribution in [-0.2, 0) is 0 Å². The Balaban J connectivity index is 1.61. The van der Waals surface area contributed by atoms with Crippen LogP contribution in [0.5, 0.6) is 0 Å². The van der Waals surface area contributed by atoms with Crippen molar-refractivity contribution in [3.8, 4) is 0 Å². The summed E-state index contributed by atoms with van der Waals surface area (Å²) in [5, 5.41) is 0.593. The van der Waals surface area contributed by atoms with E-state index >= 15 is 0 Å². The number of nitrogen functional groups attached to an aromatic ring is 1. The molecule has 110 valence electrons. The van der Waals surface area contributed by atoms with Crippen molar-refractivity contribution < 1.29 is 0 Å². The minimum atomic E-state index is 0.294. The zero-order valence-corrected chi connectivity index (χ0v) is 12.5. The normalized spacial score (nSPS) is 22.1. The van der Waals surface area contributed by atoms with Crippen LogP contribution in [0.15, 0.2) is 6.20 Å². The molecule has 5 nitrogen and oxygen atoms in total. The van der Waals surface area contributed by atoms with Crippen LogP contribution in [0.25, 0.3) is 0 Å². The van der Waals surface area contributed by atoms with E-state index in [1.165, 1.54) is 45.2 Å². The fourth-order valence-corrected chi connectivity index (χ4v) is 3.53. The number of hydrogen-bond donors (Lipinski definition) is 1. The molecule has 0 aliphatic carbocycles. The minimum absolute atomic E-state index is 0.294. The molecule has 0 bridgehead atoms. The highest BCUT2D eigenvalue weighted by Crippen LogP contribution is 2.28. The predicted molar refractivity (Wildman–Crippen MR) is 82.1 cm³/mol. The van der Waals surface area contributed by atoms with Crippen LogP contribution >= 0.6 is 11.6 Å². The number of anilines is 2. The molecule has 0 amide bonds. The lowest BCUT2D eigenvalue weighted by Crippen LogP contribution is -2.47. The van der Waals surface area contributed by atoms with E-state index in [1.54, 1.807) is 6.20 Å². The van der Waals surface area contributed by atoms with Gasteiger partial charge >= 0.3 is 0 Å². The first-order chi connectivity index (χ1) is 9.74. The van der Waals surface area contributed by atoms with Crippen molar-refractivity contribution >= 4 is 23.4 Å². The maximum absolute atomic E-state index is 6.18. The molecular formula is C14H22ClN5. The van der Waals surface area contributed by atoms with E-state index < -0.39 is 0 Å². The van der Waals surface area contributed by atoms with Gasteiger partial charge in [0.05, 0.1) is 6.20 Å². The third-order valence-electron chi connectivity index (χ3n) is 4.42. The van der Waals surface area contributed by atoms with Crippen molar-refractivity contribution in [3.63, 3.8) is 0 Å².